The van der Waals surface area contributed by atoms with Gasteiger partial charge >= 0.3 is 179 Å². The topological polar surface area (TPSA) is 92.2 Å². The number of aryl methyl sites for hydroxylation is 1. The molecule has 28 heavy (non-hydrogen) atoms. The molecular weight excluding hydrogens is 483 g/mol. The van der Waals surface area contributed by atoms with Gasteiger partial charge in [-0.2, -0.15) is 0 Å². The number of rotatable bonds is 7. The zero-order valence-electron chi connectivity index (χ0n) is 15.6. The molecule has 0 radical (unpaired) electrons. The third-order valence-corrected chi connectivity index (χ3v) is 8.44. The van der Waals surface area contributed by atoms with Crippen molar-refractivity contribution in [3.05, 3.63) is 64.1 Å². The van der Waals surface area contributed by atoms with E-state index in [0.717, 1.165) is 14.1 Å². The van der Waals surface area contributed by atoms with E-state index in [-0.39, 0.29) is 23.7 Å². The van der Waals surface area contributed by atoms with Gasteiger partial charge in [-0.05, 0) is 0 Å². The van der Waals surface area contributed by atoms with Gasteiger partial charge in [-0.3, -0.25) is 0 Å². The van der Waals surface area contributed by atoms with E-state index in [2.05, 4.69) is 20.6 Å². The summed E-state index contributed by atoms with van der Waals surface area (Å²) in [6, 6.07) is 5.73. The molecule has 0 atom stereocenters. The van der Waals surface area contributed by atoms with Crippen LogP contribution in [0.25, 0.3) is 0 Å². The number of anilines is 1. The molecule has 8 nitrogen and oxygen atoms in total. The Morgan fingerprint density at radius 1 is 1.32 bits per heavy atom. The Balaban J connectivity index is 1.81. The Labute approximate surface area is 178 Å². The van der Waals surface area contributed by atoms with Crippen molar-refractivity contribution in [1.29, 1.82) is 0 Å². The van der Waals surface area contributed by atoms with Crippen molar-refractivity contribution in [3.8, 4) is 0 Å². The third kappa shape index (κ3) is 4.82. The van der Waals surface area contributed by atoms with Crippen LogP contribution < -0.4 is 19.2 Å². The summed E-state index contributed by atoms with van der Waals surface area (Å²) in [6.07, 6.45) is 6.05. The Bertz CT molecular complexity index is 989. The molecule has 0 saturated carbocycles. The molecule has 1 aliphatic rings. The first-order valence-electron chi connectivity index (χ1n) is 8.80. The maximum absolute atomic E-state index is 13.1. The predicted octanol–water partition coefficient (Wildman–Crippen LogP) is 0.561. The zero-order valence-corrected chi connectivity index (χ0v) is 19.7. The Hall–Kier alpha value is -2.13. The van der Waals surface area contributed by atoms with Crippen LogP contribution in [0.5, 0.6) is 0 Å². The van der Waals surface area contributed by atoms with Gasteiger partial charge in [-0.25, -0.2) is 0 Å². The van der Waals surface area contributed by atoms with Crippen LogP contribution in [0.3, 0.4) is 0 Å². The number of halogens is 1. The van der Waals surface area contributed by atoms with Gasteiger partial charge in [0.1, 0.15) is 0 Å². The van der Waals surface area contributed by atoms with E-state index in [0.29, 0.717) is 18.7 Å². The molecule has 2 N–H and O–H groups in total. The molecule has 1 aliphatic heterocycles. The predicted molar refractivity (Wildman–Crippen MR) is 111 cm³/mol. The summed E-state index contributed by atoms with van der Waals surface area (Å²) < 4.78 is 4.24. The normalized spacial score (nSPS) is 12.9. The number of amides is 1. The molecule has 0 spiro atoms. The molecule has 0 aromatic carbocycles. The van der Waals surface area contributed by atoms with Crippen molar-refractivity contribution < 1.29 is 4.79 Å². The molecule has 0 unspecified atom stereocenters. The number of aromatic nitrogens is 3. The van der Waals surface area contributed by atoms with Crippen molar-refractivity contribution in [3.63, 3.8) is 0 Å². The van der Waals surface area contributed by atoms with Gasteiger partial charge in [0.2, 0.25) is 0 Å². The van der Waals surface area contributed by atoms with Crippen LogP contribution in [0.1, 0.15) is 17.8 Å². The summed E-state index contributed by atoms with van der Waals surface area (Å²) in [5.41, 5.74) is 2.12. The second-order valence-electron chi connectivity index (χ2n) is 6.21. The fourth-order valence-corrected chi connectivity index (χ4v) is 7.08. The number of carbonyl (C=O) groups is 1. The van der Waals surface area contributed by atoms with E-state index in [1.165, 1.54) is 0 Å². The molecule has 144 valence electrons. The first-order chi connectivity index (χ1) is 13.5. The van der Waals surface area contributed by atoms with E-state index in [1.807, 2.05) is 28.1 Å². The minimum absolute atomic E-state index is 0.126. The van der Waals surface area contributed by atoms with Crippen LogP contribution in [-0.4, -0.2) is 59.6 Å². The minimum atomic E-state index is -1.62. The Morgan fingerprint density at radius 2 is 2.14 bits per heavy atom. The van der Waals surface area contributed by atoms with Gasteiger partial charge in [0.05, 0.1) is 0 Å². The van der Waals surface area contributed by atoms with Crippen LogP contribution in [0.4, 0.5) is 5.82 Å². The fourth-order valence-electron chi connectivity index (χ4n) is 2.81. The van der Waals surface area contributed by atoms with E-state index in [1.54, 1.807) is 30.2 Å². The van der Waals surface area contributed by atoms with Gasteiger partial charge in [0.15, 0.2) is 0 Å². The maximum atomic E-state index is 13.1. The number of nitrogens with one attached hydrogen (secondary N) is 2. The second kappa shape index (κ2) is 9.38. The van der Waals surface area contributed by atoms with Crippen LogP contribution in [0, 0.1) is 6.92 Å². The van der Waals surface area contributed by atoms with Crippen LogP contribution in [0.2, 0.25) is 0 Å². The SMILES string of the molecule is CNC(=O)CC1=C[C](Cl)=[In][N]1n1c(C)cnc(NCCc2ccccn2)c1=O. The van der Waals surface area contributed by atoms with Crippen LogP contribution in [-0.2, 0) is 11.2 Å². The molecule has 0 aliphatic carbocycles. The molecule has 3 heterocycles. The molecule has 3 rings (SSSR count). The van der Waals surface area contributed by atoms with Crippen LogP contribution in [0.15, 0.2) is 47.2 Å². The fraction of sp³-hybridized carbons (Fsp3) is 0.278. The third-order valence-electron chi connectivity index (χ3n) is 4.19. The first-order valence-corrected chi connectivity index (χ1v) is 12.3. The van der Waals surface area contributed by atoms with E-state index in [9.17, 15) is 9.59 Å². The first kappa shape index (κ1) is 20.6. The van der Waals surface area contributed by atoms with Gasteiger partial charge in [-0.1, -0.05) is 0 Å². The summed E-state index contributed by atoms with van der Waals surface area (Å²) >= 11 is 4.66. The zero-order chi connectivity index (χ0) is 20.1. The number of hydrogen-bond acceptors (Lipinski definition) is 6. The van der Waals surface area contributed by atoms with Crippen molar-refractivity contribution in [2.75, 3.05) is 21.9 Å². The summed E-state index contributed by atoms with van der Waals surface area (Å²) in [7, 11) is 1.59. The number of allylic oxidation sites excluding steroid dienone is 1. The van der Waals surface area contributed by atoms with E-state index in [4.69, 9.17) is 11.6 Å². The molecule has 2 aromatic heterocycles. The number of hydrogen-bond donors (Lipinski definition) is 2. The molecule has 1 amide bonds. The van der Waals surface area contributed by atoms with Gasteiger partial charge < -0.3 is 0 Å². The van der Waals surface area contributed by atoms with Gasteiger partial charge in [0, 0.05) is 0 Å². The van der Waals surface area contributed by atoms with Gasteiger partial charge in [-0.15, -0.1) is 0 Å². The molecule has 0 bridgehead atoms. The van der Waals surface area contributed by atoms with Gasteiger partial charge in [0.25, 0.3) is 0 Å². The number of nitrogens with zero attached hydrogens (tertiary/aromatic N) is 4. The van der Waals surface area contributed by atoms with Crippen molar-refractivity contribution >= 4 is 48.8 Å². The molecule has 2 aromatic rings. The summed E-state index contributed by atoms with van der Waals surface area (Å²) in [6.45, 7) is 2.36. The molecule has 0 saturated heterocycles. The van der Waals surface area contributed by atoms with E-state index >= 15 is 0 Å². The van der Waals surface area contributed by atoms with Crippen molar-refractivity contribution in [2.24, 2.45) is 0 Å². The van der Waals surface area contributed by atoms with Crippen molar-refractivity contribution in [1.82, 2.24) is 20.0 Å². The van der Waals surface area contributed by atoms with Crippen molar-refractivity contribution in [2.45, 2.75) is 19.8 Å². The average molecular weight is 503 g/mol. The summed E-state index contributed by atoms with van der Waals surface area (Å²) in [5, 5.41) is 5.71. The van der Waals surface area contributed by atoms with E-state index < -0.39 is 22.7 Å². The molecule has 10 heteroatoms. The summed E-state index contributed by atoms with van der Waals surface area (Å²) in [5.74, 6) is 0.144. The quantitative estimate of drug-likeness (QED) is 0.575. The monoisotopic (exact) mass is 502 g/mol. The average Bonchev–Trinajstić information content (AvgIpc) is 3.04. The summed E-state index contributed by atoms with van der Waals surface area (Å²) in [4.78, 5) is 33.4. The molecule has 0 fully saturated rings. The Kier molecular flexibility index (Phi) is 6.90. The standard InChI is InChI=1S/C18H20ClN6O2.In/c1-13-12-23-17(22-10-7-14-5-3-4-9-21-14)18(27)25(13)24-15(6-8-19)11-16(26)20-2;/h3-6,9,12H,7,10-11H2,1-2H3,(H,20,26)(H,22,23);/q-1;+1. The Morgan fingerprint density at radius 3 is 2.86 bits per heavy atom. The molecular formula is C18H20ClInN6O2. The second-order valence-corrected chi connectivity index (χ2v) is 11.6. The number of pyridine rings is 1. The number of carbonyl (C=O) groups excluding carboxylic acids is 1. The van der Waals surface area contributed by atoms with Crippen LogP contribution >= 0.6 is 11.6 Å².